The van der Waals surface area contributed by atoms with Crippen LogP contribution in [0.3, 0.4) is 0 Å². The lowest BCUT2D eigenvalue weighted by Crippen LogP contribution is -2.17. The number of aryl methyl sites for hydroxylation is 2. The summed E-state index contributed by atoms with van der Waals surface area (Å²) >= 11 is 0. The fraction of sp³-hybridized carbons (Fsp3) is 0.667. The molecule has 0 spiro atoms. The van der Waals surface area contributed by atoms with Gasteiger partial charge in [-0.05, 0) is 56.2 Å². The highest BCUT2D eigenvalue weighted by Gasteiger charge is 2.19. The number of rotatable bonds is 10. The van der Waals surface area contributed by atoms with Crippen molar-refractivity contribution >= 4 is 0 Å². The molecular formula is C18H29N. The minimum absolute atomic E-state index is 0.877. The number of unbranched alkanes of at least 4 members (excludes halogenated alkanes) is 3. The van der Waals surface area contributed by atoms with Gasteiger partial charge in [-0.1, -0.05) is 50.5 Å². The summed E-state index contributed by atoms with van der Waals surface area (Å²) in [6.07, 6.45) is 12.0. The van der Waals surface area contributed by atoms with Crippen LogP contribution in [0.15, 0.2) is 24.3 Å². The minimum Gasteiger partial charge on any atom is -0.314 e. The molecule has 19 heavy (non-hydrogen) atoms. The minimum atomic E-state index is 0.877. The first-order valence-electron chi connectivity index (χ1n) is 8.19. The van der Waals surface area contributed by atoms with Gasteiger partial charge in [-0.25, -0.2) is 0 Å². The van der Waals surface area contributed by atoms with E-state index in [1.807, 2.05) is 0 Å². The lowest BCUT2D eigenvalue weighted by Gasteiger charge is -2.05. The average Bonchev–Trinajstić information content (AvgIpc) is 3.24. The highest BCUT2D eigenvalue weighted by Crippen LogP contribution is 2.18. The molecule has 1 fully saturated rings. The van der Waals surface area contributed by atoms with Gasteiger partial charge in [0.2, 0.25) is 0 Å². The zero-order valence-corrected chi connectivity index (χ0v) is 12.5. The van der Waals surface area contributed by atoms with Crippen LogP contribution >= 0.6 is 0 Å². The molecule has 0 atom stereocenters. The van der Waals surface area contributed by atoms with E-state index in [1.54, 1.807) is 0 Å². The van der Waals surface area contributed by atoms with Gasteiger partial charge in [-0.15, -0.1) is 0 Å². The van der Waals surface area contributed by atoms with Crippen molar-refractivity contribution in [3.63, 3.8) is 0 Å². The maximum atomic E-state index is 3.58. The fourth-order valence-corrected chi connectivity index (χ4v) is 2.56. The largest absolute Gasteiger partial charge is 0.314 e. The zero-order valence-electron chi connectivity index (χ0n) is 12.5. The lowest BCUT2D eigenvalue weighted by atomic mass is 10.0. The Bertz CT molecular complexity index is 337. The van der Waals surface area contributed by atoms with Crippen molar-refractivity contribution in [3.05, 3.63) is 35.4 Å². The smallest absolute Gasteiger partial charge is 0.00682 e. The first kappa shape index (κ1) is 14.6. The van der Waals surface area contributed by atoms with Crippen molar-refractivity contribution in [2.45, 2.75) is 70.8 Å². The SMILES string of the molecule is CCCc1ccc(CCCCCCNC2CC2)cc1. The monoisotopic (exact) mass is 259 g/mol. The number of hydrogen-bond acceptors (Lipinski definition) is 1. The van der Waals surface area contributed by atoms with Crippen LogP contribution in [0.2, 0.25) is 0 Å². The van der Waals surface area contributed by atoms with Crippen LogP contribution in [0.4, 0.5) is 0 Å². The van der Waals surface area contributed by atoms with Crippen molar-refractivity contribution in [1.82, 2.24) is 5.32 Å². The van der Waals surface area contributed by atoms with E-state index in [9.17, 15) is 0 Å². The Balaban J connectivity index is 1.49. The van der Waals surface area contributed by atoms with E-state index in [-0.39, 0.29) is 0 Å². The third-order valence-corrected chi connectivity index (χ3v) is 3.96. The second-order valence-electron chi connectivity index (χ2n) is 5.96. The number of nitrogens with one attached hydrogen (secondary N) is 1. The van der Waals surface area contributed by atoms with Crippen molar-refractivity contribution in [1.29, 1.82) is 0 Å². The van der Waals surface area contributed by atoms with E-state index in [1.165, 1.54) is 75.5 Å². The van der Waals surface area contributed by atoms with Gasteiger partial charge in [-0.3, -0.25) is 0 Å². The van der Waals surface area contributed by atoms with E-state index in [0.29, 0.717) is 0 Å². The van der Waals surface area contributed by atoms with E-state index in [0.717, 1.165) is 6.04 Å². The van der Waals surface area contributed by atoms with Gasteiger partial charge in [0.25, 0.3) is 0 Å². The summed E-state index contributed by atoms with van der Waals surface area (Å²) < 4.78 is 0. The summed E-state index contributed by atoms with van der Waals surface area (Å²) in [7, 11) is 0. The Hall–Kier alpha value is -0.820. The van der Waals surface area contributed by atoms with Gasteiger partial charge in [0, 0.05) is 6.04 Å². The molecule has 1 aromatic rings. The Morgan fingerprint density at radius 1 is 0.895 bits per heavy atom. The Kier molecular flexibility index (Phi) is 6.43. The molecule has 0 saturated heterocycles. The van der Waals surface area contributed by atoms with Crippen molar-refractivity contribution in [2.75, 3.05) is 6.54 Å². The standard InChI is InChI=1S/C18H29N/c1-2-7-16-9-11-17(12-10-16)8-5-3-4-6-15-19-18-13-14-18/h9-12,18-19H,2-8,13-15H2,1H3. The van der Waals surface area contributed by atoms with Crippen LogP contribution < -0.4 is 5.32 Å². The number of benzene rings is 1. The first-order valence-corrected chi connectivity index (χ1v) is 8.19. The molecule has 2 rings (SSSR count). The topological polar surface area (TPSA) is 12.0 Å². The van der Waals surface area contributed by atoms with E-state index < -0.39 is 0 Å². The van der Waals surface area contributed by atoms with Gasteiger partial charge >= 0.3 is 0 Å². The summed E-state index contributed by atoms with van der Waals surface area (Å²) in [5.74, 6) is 0. The summed E-state index contributed by atoms with van der Waals surface area (Å²) in [6.45, 7) is 3.47. The van der Waals surface area contributed by atoms with Gasteiger partial charge in [0.15, 0.2) is 0 Å². The second-order valence-corrected chi connectivity index (χ2v) is 5.96. The molecule has 0 unspecified atom stereocenters. The van der Waals surface area contributed by atoms with Crippen molar-refractivity contribution in [2.24, 2.45) is 0 Å². The highest BCUT2D eigenvalue weighted by atomic mass is 14.9. The maximum Gasteiger partial charge on any atom is 0.00682 e. The maximum absolute atomic E-state index is 3.58. The third kappa shape index (κ3) is 6.24. The molecule has 0 aromatic heterocycles. The summed E-state index contributed by atoms with van der Waals surface area (Å²) in [4.78, 5) is 0. The molecule has 1 aliphatic carbocycles. The lowest BCUT2D eigenvalue weighted by molar-refractivity contribution is 0.585. The quantitative estimate of drug-likeness (QED) is 0.610. The van der Waals surface area contributed by atoms with Gasteiger partial charge < -0.3 is 5.32 Å². The van der Waals surface area contributed by atoms with Crippen LogP contribution in [-0.2, 0) is 12.8 Å². The summed E-state index contributed by atoms with van der Waals surface area (Å²) in [5.41, 5.74) is 2.99. The number of hydrogen-bond donors (Lipinski definition) is 1. The Morgan fingerprint density at radius 3 is 2.16 bits per heavy atom. The zero-order chi connectivity index (χ0) is 13.3. The van der Waals surface area contributed by atoms with E-state index in [2.05, 4.69) is 36.5 Å². The molecular weight excluding hydrogens is 230 g/mol. The normalized spacial score (nSPS) is 14.8. The van der Waals surface area contributed by atoms with E-state index >= 15 is 0 Å². The molecule has 0 amide bonds. The molecule has 106 valence electrons. The molecule has 1 heteroatoms. The molecule has 1 aromatic carbocycles. The van der Waals surface area contributed by atoms with Crippen LogP contribution in [0, 0.1) is 0 Å². The van der Waals surface area contributed by atoms with Crippen LogP contribution in [-0.4, -0.2) is 12.6 Å². The van der Waals surface area contributed by atoms with Crippen LogP contribution in [0.25, 0.3) is 0 Å². The van der Waals surface area contributed by atoms with E-state index in [4.69, 9.17) is 0 Å². The molecule has 0 bridgehead atoms. The van der Waals surface area contributed by atoms with Crippen molar-refractivity contribution in [3.8, 4) is 0 Å². The van der Waals surface area contributed by atoms with Crippen LogP contribution in [0.5, 0.6) is 0 Å². The molecule has 1 N–H and O–H groups in total. The predicted molar refractivity (Wildman–Crippen MR) is 83.6 cm³/mol. The first-order chi connectivity index (χ1) is 9.38. The summed E-state index contributed by atoms with van der Waals surface area (Å²) in [5, 5.41) is 3.58. The Labute approximate surface area is 118 Å². The van der Waals surface area contributed by atoms with Gasteiger partial charge in [-0.2, -0.15) is 0 Å². The molecule has 1 nitrogen and oxygen atoms in total. The highest BCUT2D eigenvalue weighted by molar-refractivity contribution is 5.22. The molecule has 1 aliphatic rings. The van der Waals surface area contributed by atoms with Crippen LogP contribution in [0.1, 0.15) is 63.0 Å². The van der Waals surface area contributed by atoms with Gasteiger partial charge in [0.05, 0.1) is 0 Å². The molecule has 1 saturated carbocycles. The van der Waals surface area contributed by atoms with Crippen molar-refractivity contribution < 1.29 is 0 Å². The Morgan fingerprint density at radius 2 is 1.53 bits per heavy atom. The predicted octanol–water partition coefficient (Wildman–Crippen LogP) is 4.49. The molecule has 0 radical (unpaired) electrons. The third-order valence-electron chi connectivity index (χ3n) is 3.96. The van der Waals surface area contributed by atoms with Gasteiger partial charge in [0.1, 0.15) is 0 Å². The summed E-state index contributed by atoms with van der Waals surface area (Å²) in [6, 6.07) is 10.1. The molecule has 0 heterocycles. The second kappa shape index (κ2) is 8.37. The fourth-order valence-electron chi connectivity index (χ4n) is 2.56. The average molecular weight is 259 g/mol. The molecule has 0 aliphatic heterocycles.